The number of aryl methyl sites for hydroxylation is 1. The summed E-state index contributed by atoms with van der Waals surface area (Å²) < 4.78 is 23.0. The number of Topliss-reactive ketones (excluding diaryl/α,β-unsaturated/α-hetero) is 1. The number of hydrogen-bond donors (Lipinski definition) is 0. The van der Waals surface area contributed by atoms with Gasteiger partial charge >= 0.3 is 5.97 Å². The third-order valence-electron chi connectivity index (χ3n) is 5.51. The number of ether oxygens (including phenoxy) is 3. The van der Waals surface area contributed by atoms with Gasteiger partial charge in [-0.1, -0.05) is 0 Å². The topological polar surface area (TPSA) is 123 Å². The highest BCUT2D eigenvalue weighted by Gasteiger charge is 2.25. The summed E-state index contributed by atoms with van der Waals surface area (Å²) in [6.45, 7) is 5.61. The number of rotatable bonds is 8. The molecule has 0 bridgehead atoms. The number of carbonyl (C=O) groups excluding carboxylic acids is 2. The van der Waals surface area contributed by atoms with Gasteiger partial charge < -0.3 is 23.2 Å². The van der Waals surface area contributed by atoms with Crippen molar-refractivity contribution in [2.45, 2.75) is 33.4 Å². The van der Waals surface area contributed by atoms with Gasteiger partial charge in [-0.25, -0.2) is 4.79 Å². The number of benzene rings is 1. The van der Waals surface area contributed by atoms with Crippen LogP contribution in [0.1, 0.15) is 40.0 Å². The van der Waals surface area contributed by atoms with E-state index in [0.29, 0.717) is 17.9 Å². The summed E-state index contributed by atoms with van der Waals surface area (Å²) in [7, 11) is 0. The number of aromatic nitrogens is 1. The van der Waals surface area contributed by atoms with Crippen LogP contribution in [0.4, 0.5) is 5.69 Å². The van der Waals surface area contributed by atoms with Gasteiger partial charge in [-0.3, -0.25) is 14.9 Å². The standard InChI is InChI=1S/C24H22N2O8/c1-14-9-19(15(2)25(14)12-18-5-4-8-31-18)24(28)16(3)34-23(27)7-6-17-10-21-22(33-13-32-21)11-20(17)26(29)30/h4-11,16H,12-13H2,1-3H3. The molecule has 3 aromatic rings. The first-order chi connectivity index (χ1) is 16.2. The van der Waals surface area contributed by atoms with Crippen molar-refractivity contribution in [1.82, 2.24) is 4.57 Å². The second-order valence-electron chi connectivity index (χ2n) is 7.75. The molecule has 10 heteroatoms. The van der Waals surface area contributed by atoms with Crippen molar-refractivity contribution in [2.24, 2.45) is 0 Å². The van der Waals surface area contributed by atoms with E-state index in [-0.39, 0.29) is 29.6 Å². The van der Waals surface area contributed by atoms with Crippen molar-refractivity contribution in [3.63, 3.8) is 0 Å². The predicted octanol–water partition coefficient (Wildman–Crippen LogP) is 4.21. The molecule has 0 saturated carbocycles. The minimum absolute atomic E-state index is 0.0382. The molecule has 34 heavy (non-hydrogen) atoms. The molecule has 0 radical (unpaired) electrons. The number of fused-ring (bicyclic) bond motifs is 1. The molecule has 1 aliphatic heterocycles. The first kappa shape index (κ1) is 22.8. The number of furan rings is 1. The van der Waals surface area contributed by atoms with Crippen molar-refractivity contribution in [3.8, 4) is 11.5 Å². The van der Waals surface area contributed by atoms with Crippen LogP contribution in [0.5, 0.6) is 11.5 Å². The Morgan fingerprint density at radius 1 is 1.24 bits per heavy atom. The molecule has 3 heterocycles. The molecular formula is C24H22N2O8. The fourth-order valence-electron chi connectivity index (χ4n) is 3.73. The number of esters is 1. The molecule has 10 nitrogen and oxygen atoms in total. The van der Waals surface area contributed by atoms with E-state index in [4.69, 9.17) is 18.6 Å². The number of carbonyl (C=O) groups is 2. The Hall–Kier alpha value is -4.34. The predicted molar refractivity (Wildman–Crippen MR) is 120 cm³/mol. The van der Waals surface area contributed by atoms with Crippen LogP contribution in [0.25, 0.3) is 6.08 Å². The van der Waals surface area contributed by atoms with Gasteiger partial charge in [0.1, 0.15) is 5.76 Å². The fraction of sp³-hybridized carbons (Fsp3) is 0.250. The number of nitro benzene ring substituents is 1. The average molecular weight is 466 g/mol. The van der Waals surface area contributed by atoms with E-state index < -0.39 is 17.0 Å². The molecule has 4 rings (SSSR count). The Balaban J connectivity index is 1.46. The number of hydrogen-bond acceptors (Lipinski definition) is 8. The Bertz CT molecular complexity index is 1290. The van der Waals surface area contributed by atoms with Crippen LogP contribution >= 0.6 is 0 Å². The lowest BCUT2D eigenvalue weighted by atomic mass is 10.1. The third-order valence-corrected chi connectivity index (χ3v) is 5.51. The van der Waals surface area contributed by atoms with Crippen LogP contribution < -0.4 is 9.47 Å². The summed E-state index contributed by atoms with van der Waals surface area (Å²) in [6, 6.07) is 8.03. The minimum atomic E-state index is -1.05. The van der Waals surface area contributed by atoms with Gasteiger partial charge in [0, 0.05) is 23.0 Å². The Kier molecular flexibility index (Phi) is 6.22. The van der Waals surface area contributed by atoms with Crippen molar-refractivity contribution in [2.75, 3.05) is 6.79 Å². The summed E-state index contributed by atoms with van der Waals surface area (Å²) in [5, 5.41) is 11.4. The Labute approximate surface area is 194 Å². The van der Waals surface area contributed by atoms with E-state index in [1.165, 1.54) is 25.1 Å². The van der Waals surface area contributed by atoms with Gasteiger partial charge in [0.25, 0.3) is 5.69 Å². The molecule has 0 N–H and O–H groups in total. The van der Waals surface area contributed by atoms with Crippen molar-refractivity contribution < 1.29 is 33.1 Å². The first-order valence-corrected chi connectivity index (χ1v) is 10.4. The highest BCUT2D eigenvalue weighted by atomic mass is 16.7. The maximum Gasteiger partial charge on any atom is 0.331 e. The number of nitrogens with zero attached hydrogens (tertiary/aromatic N) is 2. The molecule has 2 aromatic heterocycles. The highest BCUT2D eigenvalue weighted by molar-refractivity contribution is 6.02. The molecule has 176 valence electrons. The van der Waals surface area contributed by atoms with Gasteiger partial charge in [-0.15, -0.1) is 0 Å². The van der Waals surface area contributed by atoms with E-state index in [0.717, 1.165) is 23.2 Å². The molecule has 1 aliphatic rings. The first-order valence-electron chi connectivity index (χ1n) is 10.4. The maximum absolute atomic E-state index is 13.0. The van der Waals surface area contributed by atoms with Gasteiger partial charge in [-0.05, 0) is 51.1 Å². The number of ketones is 1. The summed E-state index contributed by atoms with van der Waals surface area (Å²) in [5.74, 6) is 0.192. The molecule has 1 unspecified atom stereocenters. The van der Waals surface area contributed by atoms with Crippen molar-refractivity contribution in [3.05, 3.63) is 81.1 Å². The molecule has 0 aliphatic carbocycles. The molecule has 0 amide bonds. The zero-order valence-corrected chi connectivity index (χ0v) is 18.8. The maximum atomic E-state index is 13.0. The molecule has 0 fully saturated rings. The molecule has 0 spiro atoms. The molecule has 0 saturated heterocycles. The summed E-state index contributed by atoms with van der Waals surface area (Å²) >= 11 is 0. The van der Waals surface area contributed by atoms with Crippen LogP contribution in [0.2, 0.25) is 0 Å². The van der Waals surface area contributed by atoms with Gasteiger partial charge in [0.05, 0.1) is 29.4 Å². The summed E-state index contributed by atoms with van der Waals surface area (Å²) in [6.07, 6.45) is 2.81. The third kappa shape index (κ3) is 4.56. The molecule has 1 atom stereocenters. The second-order valence-corrected chi connectivity index (χ2v) is 7.75. The van der Waals surface area contributed by atoms with Crippen LogP contribution in [-0.2, 0) is 16.1 Å². The quantitative estimate of drug-likeness (QED) is 0.159. The second kappa shape index (κ2) is 9.26. The monoisotopic (exact) mass is 466 g/mol. The highest BCUT2D eigenvalue weighted by Crippen LogP contribution is 2.38. The van der Waals surface area contributed by atoms with Crippen molar-refractivity contribution >= 4 is 23.5 Å². The molecule has 1 aromatic carbocycles. The van der Waals surface area contributed by atoms with E-state index in [1.54, 1.807) is 18.4 Å². The normalized spacial score (nSPS) is 13.3. The smallest absolute Gasteiger partial charge is 0.331 e. The van der Waals surface area contributed by atoms with E-state index in [2.05, 4.69) is 0 Å². The minimum Gasteiger partial charge on any atom is -0.467 e. The Morgan fingerprint density at radius 3 is 2.65 bits per heavy atom. The zero-order chi connectivity index (χ0) is 24.4. The number of nitro groups is 1. The fourth-order valence-corrected chi connectivity index (χ4v) is 3.73. The zero-order valence-electron chi connectivity index (χ0n) is 18.8. The summed E-state index contributed by atoms with van der Waals surface area (Å²) in [4.78, 5) is 36.1. The SMILES string of the molecule is Cc1cc(C(=O)C(C)OC(=O)C=Cc2cc3c(cc2[N+](=O)[O-])OCO3)c(C)n1Cc1ccco1. The van der Waals surface area contributed by atoms with Crippen LogP contribution in [0.3, 0.4) is 0 Å². The van der Waals surface area contributed by atoms with Gasteiger partial charge in [-0.2, -0.15) is 0 Å². The van der Waals surface area contributed by atoms with Gasteiger partial charge in [0.2, 0.25) is 12.6 Å². The van der Waals surface area contributed by atoms with Crippen LogP contribution in [0, 0.1) is 24.0 Å². The van der Waals surface area contributed by atoms with Gasteiger partial charge in [0.15, 0.2) is 17.6 Å². The Morgan fingerprint density at radius 2 is 1.97 bits per heavy atom. The lowest BCUT2D eigenvalue weighted by Gasteiger charge is -2.12. The largest absolute Gasteiger partial charge is 0.467 e. The van der Waals surface area contributed by atoms with E-state index in [9.17, 15) is 19.7 Å². The van der Waals surface area contributed by atoms with E-state index >= 15 is 0 Å². The lowest BCUT2D eigenvalue weighted by Crippen LogP contribution is -2.24. The van der Waals surface area contributed by atoms with Crippen molar-refractivity contribution in [1.29, 1.82) is 0 Å². The lowest BCUT2D eigenvalue weighted by molar-refractivity contribution is -0.385. The molecular weight excluding hydrogens is 444 g/mol. The summed E-state index contributed by atoms with van der Waals surface area (Å²) in [5.41, 5.74) is 1.94. The average Bonchev–Trinajstić information content (AvgIpc) is 3.54. The van der Waals surface area contributed by atoms with Crippen LogP contribution in [0.15, 0.2) is 47.1 Å². The van der Waals surface area contributed by atoms with E-state index in [1.807, 2.05) is 24.5 Å². The van der Waals surface area contributed by atoms with Crippen LogP contribution in [-0.4, -0.2) is 34.1 Å².